The Labute approximate surface area is 113 Å². The van der Waals surface area contributed by atoms with Crippen LogP contribution in [0.15, 0.2) is 47.1 Å². The first-order valence-corrected chi connectivity index (χ1v) is 6.45. The number of rotatable bonds is 1. The highest BCUT2D eigenvalue weighted by atomic mass is 79.9. The van der Waals surface area contributed by atoms with Crippen molar-refractivity contribution < 1.29 is 0 Å². The largest absolute Gasteiger partial charge is 0.383 e. The lowest BCUT2D eigenvalue weighted by molar-refractivity contribution is 1.17. The van der Waals surface area contributed by atoms with Gasteiger partial charge in [-0.2, -0.15) is 0 Å². The summed E-state index contributed by atoms with van der Waals surface area (Å²) in [6, 6.07) is 12.0. The second kappa shape index (κ2) is 4.14. The average molecular weight is 302 g/mol. The van der Waals surface area contributed by atoms with Crippen LogP contribution in [0, 0.1) is 6.92 Å². The zero-order valence-electron chi connectivity index (χ0n) is 9.89. The van der Waals surface area contributed by atoms with Crippen molar-refractivity contribution >= 4 is 27.4 Å². The third kappa shape index (κ3) is 1.69. The van der Waals surface area contributed by atoms with Gasteiger partial charge in [0.15, 0.2) is 0 Å². The van der Waals surface area contributed by atoms with Crippen molar-refractivity contribution in [1.82, 2.24) is 9.38 Å². The van der Waals surface area contributed by atoms with Gasteiger partial charge < -0.3 is 5.73 Å². The maximum Gasteiger partial charge on any atom is 0.142 e. The van der Waals surface area contributed by atoms with E-state index >= 15 is 0 Å². The van der Waals surface area contributed by atoms with Gasteiger partial charge in [0.2, 0.25) is 0 Å². The lowest BCUT2D eigenvalue weighted by atomic mass is 10.1. The highest BCUT2D eigenvalue weighted by molar-refractivity contribution is 9.10. The molecule has 2 N–H and O–H groups in total. The molecule has 2 heterocycles. The van der Waals surface area contributed by atoms with Crippen LogP contribution in [0.1, 0.15) is 5.56 Å². The normalized spacial score (nSPS) is 11.0. The molecule has 0 saturated heterocycles. The molecule has 3 rings (SSSR count). The molecule has 3 aromatic rings. The Morgan fingerprint density at radius 3 is 2.78 bits per heavy atom. The number of nitrogen functional groups attached to an aromatic ring is 1. The predicted molar refractivity (Wildman–Crippen MR) is 77.5 cm³/mol. The Hall–Kier alpha value is -1.81. The molecule has 0 atom stereocenters. The van der Waals surface area contributed by atoms with E-state index in [-0.39, 0.29) is 0 Å². The summed E-state index contributed by atoms with van der Waals surface area (Å²) in [4.78, 5) is 4.64. The van der Waals surface area contributed by atoms with Crippen molar-refractivity contribution in [2.24, 2.45) is 0 Å². The highest BCUT2D eigenvalue weighted by Crippen LogP contribution is 2.29. The molecule has 4 heteroatoms. The van der Waals surface area contributed by atoms with E-state index in [1.54, 1.807) is 0 Å². The smallest absolute Gasteiger partial charge is 0.142 e. The summed E-state index contributed by atoms with van der Waals surface area (Å²) in [5, 5.41) is 0. The summed E-state index contributed by atoms with van der Waals surface area (Å²) in [6.45, 7) is 2.03. The summed E-state index contributed by atoms with van der Waals surface area (Å²) in [6.07, 6.45) is 1.94. The lowest BCUT2D eigenvalue weighted by Gasteiger charge is -2.00. The van der Waals surface area contributed by atoms with Gasteiger partial charge in [0.25, 0.3) is 0 Å². The van der Waals surface area contributed by atoms with Crippen LogP contribution in [0.2, 0.25) is 0 Å². The first kappa shape index (κ1) is 11.3. The van der Waals surface area contributed by atoms with E-state index in [1.165, 1.54) is 0 Å². The topological polar surface area (TPSA) is 43.3 Å². The van der Waals surface area contributed by atoms with Crippen molar-refractivity contribution in [1.29, 1.82) is 0 Å². The van der Waals surface area contributed by atoms with Gasteiger partial charge in [0.1, 0.15) is 17.2 Å². The van der Waals surface area contributed by atoms with Crippen molar-refractivity contribution in [2.75, 3.05) is 5.73 Å². The van der Waals surface area contributed by atoms with E-state index in [2.05, 4.69) is 20.9 Å². The van der Waals surface area contributed by atoms with Gasteiger partial charge in [-0.3, -0.25) is 4.40 Å². The third-order valence-corrected chi connectivity index (χ3v) is 3.47. The molecule has 1 aromatic carbocycles. The lowest BCUT2D eigenvalue weighted by Crippen LogP contribution is -1.94. The molecule has 90 valence electrons. The van der Waals surface area contributed by atoms with E-state index in [4.69, 9.17) is 5.73 Å². The summed E-state index contributed by atoms with van der Waals surface area (Å²) in [7, 11) is 0. The number of hydrogen-bond donors (Lipinski definition) is 1. The van der Waals surface area contributed by atoms with E-state index in [9.17, 15) is 0 Å². The fourth-order valence-corrected chi connectivity index (χ4v) is 2.47. The summed E-state index contributed by atoms with van der Waals surface area (Å²) >= 11 is 3.47. The van der Waals surface area contributed by atoms with Crippen molar-refractivity contribution in [3.05, 3.63) is 52.6 Å². The molecule has 0 unspecified atom stereocenters. The van der Waals surface area contributed by atoms with E-state index in [0.717, 1.165) is 26.9 Å². The van der Waals surface area contributed by atoms with Crippen LogP contribution in [-0.4, -0.2) is 9.38 Å². The van der Waals surface area contributed by atoms with Gasteiger partial charge in [0.05, 0.1) is 0 Å². The number of aromatic nitrogens is 2. The Morgan fingerprint density at radius 1 is 1.22 bits per heavy atom. The molecule has 0 spiro atoms. The maximum atomic E-state index is 6.18. The SMILES string of the molecule is Cc1cccn2c(N)c(-c3cccc(Br)c3)nc12. The number of nitrogens with zero attached hydrogens (tertiary/aromatic N) is 2. The predicted octanol–water partition coefficient (Wildman–Crippen LogP) is 3.65. The van der Waals surface area contributed by atoms with E-state index in [0.29, 0.717) is 5.82 Å². The fraction of sp³-hybridized carbons (Fsp3) is 0.0714. The third-order valence-electron chi connectivity index (χ3n) is 2.98. The zero-order valence-corrected chi connectivity index (χ0v) is 11.5. The van der Waals surface area contributed by atoms with Gasteiger partial charge in [-0.15, -0.1) is 0 Å². The summed E-state index contributed by atoms with van der Waals surface area (Å²) in [5.41, 5.74) is 10.0. The number of anilines is 1. The monoisotopic (exact) mass is 301 g/mol. The van der Waals surface area contributed by atoms with Crippen LogP contribution in [0.3, 0.4) is 0 Å². The molecule has 0 radical (unpaired) electrons. The zero-order chi connectivity index (χ0) is 12.7. The molecule has 0 aliphatic carbocycles. The first-order chi connectivity index (χ1) is 8.66. The van der Waals surface area contributed by atoms with Crippen LogP contribution in [0.4, 0.5) is 5.82 Å². The number of hydrogen-bond acceptors (Lipinski definition) is 2. The van der Waals surface area contributed by atoms with Crippen molar-refractivity contribution in [3.8, 4) is 11.3 Å². The molecule has 0 bridgehead atoms. The average Bonchev–Trinajstić information content (AvgIpc) is 2.69. The van der Waals surface area contributed by atoms with Gasteiger partial charge in [0, 0.05) is 16.2 Å². The highest BCUT2D eigenvalue weighted by Gasteiger charge is 2.12. The standard InChI is InChI=1S/C14H12BrN3/c1-9-4-3-7-18-13(16)12(17-14(9)18)10-5-2-6-11(15)8-10/h2-8H,16H2,1H3. The number of fused-ring (bicyclic) bond motifs is 1. The van der Waals surface area contributed by atoms with Crippen LogP contribution >= 0.6 is 15.9 Å². The Morgan fingerprint density at radius 2 is 2.06 bits per heavy atom. The molecule has 0 fully saturated rings. The molecule has 3 nitrogen and oxygen atoms in total. The van der Waals surface area contributed by atoms with Gasteiger partial charge in [-0.25, -0.2) is 4.98 Å². The number of pyridine rings is 1. The molecule has 18 heavy (non-hydrogen) atoms. The van der Waals surface area contributed by atoms with E-state index < -0.39 is 0 Å². The van der Waals surface area contributed by atoms with Crippen LogP contribution in [-0.2, 0) is 0 Å². The minimum Gasteiger partial charge on any atom is -0.383 e. The Balaban J connectivity index is 2.30. The minimum absolute atomic E-state index is 0.673. The molecule has 0 aliphatic heterocycles. The fourth-order valence-electron chi connectivity index (χ4n) is 2.07. The van der Waals surface area contributed by atoms with Gasteiger partial charge >= 0.3 is 0 Å². The van der Waals surface area contributed by atoms with Crippen LogP contribution < -0.4 is 5.73 Å². The quantitative estimate of drug-likeness (QED) is 0.745. The molecule has 0 saturated carbocycles. The number of imidazole rings is 1. The number of benzene rings is 1. The second-order valence-electron chi connectivity index (χ2n) is 4.24. The first-order valence-electron chi connectivity index (χ1n) is 5.66. The van der Waals surface area contributed by atoms with Gasteiger partial charge in [-0.05, 0) is 30.7 Å². The summed E-state index contributed by atoms with van der Waals surface area (Å²) < 4.78 is 2.94. The minimum atomic E-state index is 0.673. The van der Waals surface area contributed by atoms with Crippen molar-refractivity contribution in [3.63, 3.8) is 0 Å². The molecule has 0 amide bonds. The molecular formula is C14H12BrN3. The van der Waals surface area contributed by atoms with Crippen LogP contribution in [0.25, 0.3) is 16.9 Å². The van der Waals surface area contributed by atoms with E-state index in [1.807, 2.05) is 53.9 Å². The maximum absolute atomic E-state index is 6.18. The molecule has 2 aromatic heterocycles. The van der Waals surface area contributed by atoms with Gasteiger partial charge in [-0.1, -0.05) is 34.1 Å². The summed E-state index contributed by atoms with van der Waals surface area (Å²) in [5.74, 6) is 0.673. The Kier molecular flexibility index (Phi) is 2.59. The van der Waals surface area contributed by atoms with Crippen molar-refractivity contribution in [2.45, 2.75) is 6.92 Å². The van der Waals surface area contributed by atoms with Crippen LogP contribution in [0.5, 0.6) is 0 Å². The number of halogens is 1. The number of nitrogens with two attached hydrogens (primary N) is 1. The molecule has 0 aliphatic rings. The Bertz CT molecular complexity index is 731. The molecular weight excluding hydrogens is 290 g/mol. The second-order valence-corrected chi connectivity index (χ2v) is 5.16. The number of aryl methyl sites for hydroxylation is 1.